The summed E-state index contributed by atoms with van der Waals surface area (Å²) in [5.41, 5.74) is -0.131. The van der Waals surface area contributed by atoms with Gasteiger partial charge in [-0.25, -0.2) is 8.78 Å². The average Bonchev–Trinajstić information content (AvgIpc) is 3.10. The van der Waals surface area contributed by atoms with E-state index in [0.717, 1.165) is 5.56 Å². The number of hydrogen-bond donors (Lipinski definition) is 0. The van der Waals surface area contributed by atoms with Crippen molar-refractivity contribution in [3.8, 4) is 0 Å². The predicted molar refractivity (Wildman–Crippen MR) is 85.6 cm³/mol. The molecule has 3 heteroatoms. The second-order valence-corrected chi connectivity index (χ2v) is 6.40. The predicted octanol–water partition coefficient (Wildman–Crippen LogP) is 4.97. The van der Waals surface area contributed by atoms with Gasteiger partial charge in [-0.1, -0.05) is 60.7 Å². The number of rotatable bonds is 4. The largest absolute Gasteiger partial charge is 0.286 e. The van der Waals surface area contributed by atoms with Gasteiger partial charge in [0.2, 0.25) is 0 Å². The molecular formula is C19H19F2N. The minimum absolute atomic E-state index is 0.168. The van der Waals surface area contributed by atoms with Crippen LogP contribution < -0.4 is 0 Å². The summed E-state index contributed by atoms with van der Waals surface area (Å²) in [6, 6.07) is 18.7. The number of hydrogen-bond acceptors (Lipinski definition) is 1. The zero-order valence-electron chi connectivity index (χ0n) is 12.8. The van der Waals surface area contributed by atoms with Crippen molar-refractivity contribution < 1.29 is 8.78 Å². The van der Waals surface area contributed by atoms with Gasteiger partial charge in [0.25, 0.3) is 5.92 Å². The summed E-state index contributed by atoms with van der Waals surface area (Å²) in [4.78, 5) is 4.53. The summed E-state index contributed by atoms with van der Waals surface area (Å²) in [6.07, 6.45) is 1.30. The van der Waals surface area contributed by atoms with E-state index in [2.05, 4.69) is 4.99 Å². The maximum absolute atomic E-state index is 14.0. The molecule has 1 aliphatic rings. The van der Waals surface area contributed by atoms with Crippen molar-refractivity contribution in [3.05, 3.63) is 71.8 Å². The summed E-state index contributed by atoms with van der Waals surface area (Å²) in [5, 5.41) is 0. The molecule has 1 nitrogen and oxygen atoms in total. The van der Waals surface area contributed by atoms with Crippen molar-refractivity contribution in [2.24, 2.45) is 4.99 Å². The molecule has 1 saturated carbocycles. The Kier molecular flexibility index (Phi) is 3.39. The fraction of sp³-hybridized carbons (Fsp3) is 0.316. The van der Waals surface area contributed by atoms with Crippen molar-refractivity contribution >= 4 is 6.21 Å². The van der Waals surface area contributed by atoms with E-state index >= 15 is 0 Å². The molecule has 22 heavy (non-hydrogen) atoms. The zero-order chi connectivity index (χ0) is 15.8. The SMILES string of the molecule is CC(C)(N=CC1(c2ccccc2)CC1(F)F)c1ccccc1. The van der Waals surface area contributed by atoms with Crippen molar-refractivity contribution in [3.63, 3.8) is 0 Å². The maximum atomic E-state index is 14.0. The Hall–Kier alpha value is -2.03. The first kappa shape index (κ1) is 14.9. The summed E-state index contributed by atoms with van der Waals surface area (Å²) in [7, 11) is 0. The summed E-state index contributed by atoms with van der Waals surface area (Å²) in [6.45, 7) is 3.89. The Morgan fingerprint density at radius 3 is 1.95 bits per heavy atom. The lowest BCUT2D eigenvalue weighted by Gasteiger charge is -2.22. The standard InChI is InChI=1S/C19H19F2N/c1-17(2,15-9-5-3-6-10-15)22-14-18(13-19(18,20)21)16-11-7-4-8-12-16/h3-12,14H,13H2,1-2H3. The topological polar surface area (TPSA) is 12.4 Å². The Morgan fingerprint density at radius 1 is 0.955 bits per heavy atom. The van der Waals surface area contributed by atoms with Crippen LogP contribution in [0.3, 0.4) is 0 Å². The van der Waals surface area contributed by atoms with Gasteiger partial charge in [0.05, 0.1) is 11.0 Å². The van der Waals surface area contributed by atoms with Crippen molar-refractivity contribution in [2.75, 3.05) is 0 Å². The van der Waals surface area contributed by atoms with E-state index in [9.17, 15) is 8.78 Å². The second kappa shape index (κ2) is 5.01. The average molecular weight is 299 g/mol. The molecule has 0 amide bonds. The fourth-order valence-corrected chi connectivity index (χ4v) is 2.76. The minimum atomic E-state index is -2.72. The molecule has 0 bridgehead atoms. The molecule has 0 spiro atoms. The molecule has 0 heterocycles. The van der Waals surface area contributed by atoms with Crippen LogP contribution in [0.5, 0.6) is 0 Å². The van der Waals surface area contributed by atoms with Gasteiger partial charge < -0.3 is 0 Å². The second-order valence-electron chi connectivity index (χ2n) is 6.40. The molecule has 0 aromatic heterocycles. The molecule has 2 aromatic rings. The third-order valence-corrected chi connectivity index (χ3v) is 4.41. The van der Waals surface area contributed by atoms with Crippen molar-refractivity contribution in [1.29, 1.82) is 0 Å². The summed E-state index contributed by atoms with van der Waals surface area (Å²) < 4.78 is 28.0. The normalized spacial score (nSPS) is 23.6. The highest BCUT2D eigenvalue weighted by atomic mass is 19.3. The molecule has 1 unspecified atom stereocenters. The highest BCUT2D eigenvalue weighted by Gasteiger charge is 2.71. The number of benzene rings is 2. The first-order valence-corrected chi connectivity index (χ1v) is 7.43. The zero-order valence-corrected chi connectivity index (χ0v) is 12.8. The van der Waals surface area contributed by atoms with Crippen LogP contribution in [-0.4, -0.2) is 12.1 Å². The maximum Gasteiger partial charge on any atom is 0.264 e. The van der Waals surface area contributed by atoms with Crippen molar-refractivity contribution in [1.82, 2.24) is 0 Å². The number of aliphatic imine (C=N–C) groups is 1. The lowest BCUT2D eigenvalue weighted by molar-refractivity contribution is 0.103. The number of nitrogens with zero attached hydrogens (tertiary/aromatic N) is 1. The molecular weight excluding hydrogens is 280 g/mol. The van der Waals surface area contributed by atoms with E-state index in [0.29, 0.717) is 5.56 Å². The Labute approximate surface area is 129 Å². The van der Waals surface area contributed by atoms with Crippen LogP contribution in [-0.2, 0) is 11.0 Å². The first-order valence-electron chi connectivity index (χ1n) is 7.43. The van der Waals surface area contributed by atoms with E-state index in [4.69, 9.17) is 0 Å². The van der Waals surface area contributed by atoms with Crippen LogP contribution in [0, 0.1) is 0 Å². The van der Waals surface area contributed by atoms with Gasteiger partial charge in [-0.2, -0.15) is 0 Å². The molecule has 1 aliphatic carbocycles. The molecule has 0 saturated heterocycles. The molecule has 1 atom stereocenters. The molecule has 0 N–H and O–H groups in total. The van der Waals surface area contributed by atoms with E-state index in [1.807, 2.05) is 50.2 Å². The minimum Gasteiger partial charge on any atom is -0.286 e. The Bertz CT molecular complexity index is 677. The van der Waals surface area contributed by atoms with Crippen LogP contribution in [0.4, 0.5) is 8.78 Å². The quantitative estimate of drug-likeness (QED) is 0.707. The summed E-state index contributed by atoms with van der Waals surface area (Å²) in [5.74, 6) is -2.72. The smallest absolute Gasteiger partial charge is 0.264 e. The molecule has 3 rings (SSSR count). The lowest BCUT2D eigenvalue weighted by atomic mass is 9.93. The van der Waals surface area contributed by atoms with Crippen LogP contribution in [0.2, 0.25) is 0 Å². The van der Waals surface area contributed by atoms with Crippen LogP contribution >= 0.6 is 0 Å². The van der Waals surface area contributed by atoms with E-state index in [-0.39, 0.29) is 6.42 Å². The van der Waals surface area contributed by atoms with Crippen molar-refractivity contribution in [2.45, 2.75) is 37.1 Å². The molecule has 114 valence electrons. The van der Waals surface area contributed by atoms with Gasteiger partial charge in [-0.3, -0.25) is 4.99 Å². The Balaban J connectivity index is 1.93. The van der Waals surface area contributed by atoms with Crippen LogP contribution in [0.1, 0.15) is 31.4 Å². The fourth-order valence-electron chi connectivity index (χ4n) is 2.76. The molecule has 0 aliphatic heterocycles. The number of halogens is 2. The third-order valence-electron chi connectivity index (χ3n) is 4.41. The van der Waals surface area contributed by atoms with E-state index < -0.39 is 16.9 Å². The monoisotopic (exact) mass is 299 g/mol. The first-order chi connectivity index (χ1) is 10.4. The van der Waals surface area contributed by atoms with Gasteiger partial charge in [0.15, 0.2) is 0 Å². The highest BCUT2D eigenvalue weighted by Crippen LogP contribution is 2.60. The van der Waals surface area contributed by atoms with Crippen LogP contribution in [0.25, 0.3) is 0 Å². The van der Waals surface area contributed by atoms with Gasteiger partial charge in [0.1, 0.15) is 0 Å². The summed E-state index contributed by atoms with van der Waals surface area (Å²) >= 11 is 0. The Morgan fingerprint density at radius 2 is 1.45 bits per heavy atom. The number of alkyl halides is 2. The lowest BCUT2D eigenvalue weighted by Crippen LogP contribution is -2.22. The third kappa shape index (κ3) is 2.45. The molecule has 1 fully saturated rings. The van der Waals surface area contributed by atoms with Gasteiger partial charge in [0, 0.05) is 12.6 Å². The van der Waals surface area contributed by atoms with Gasteiger partial charge in [-0.05, 0) is 25.0 Å². The van der Waals surface area contributed by atoms with Gasteiger partial charge >= 0.3 is 0 Å². The van der Waals surface area contributed by atoms with E-state index in [1.54, 1.807) is 24.3 Å². The molecule has 0 radical (unpaired) electrons. The van der Waals surface area contributed by atoms with Gasteiger partial charge in [-0.15, -0.1) is 0 Å². The van der Waals surface area contributed by atoms with E-state index in [1.165, 1.54) is 6.21 Å². The molecule has 2 aromatic carbocycles. The van der Waals surface area contributed by atoms with Crippen LogP contribution in [0.15, 0.2) is 65.7 Å². The highest BCUT2D eigenvalue weighted by molar-refractivity contribution is 5.81.